The standard InChI is InChI=1S/C18H12N4O/c1-23-18-8-7-14(13-5-3-2-4-6-13)9-16(18)22-17(12-21)15(10-19)11-20/h2-9,22H,1H3. The summed E-state index contributed by atoms with van der Waals surface area (Å²) in [6.07, 6.45) is 0. The summed E-state index contributed by atoms with van der Waals surface area (Å²) in [5, 5.41) is 29.8. The van der Waals surface area contributed by atoms with Gasteiger partial charge < -0.3 is 10.1 Å². The molecule has 0 bridgehead atoms. The number of hydrogen-bond acceptors (Lipinski definition) is 5. The molecule has 5 heteroatoms. The van der Waals surface area contributed by atoms with Gasteiger partial charge >= 0.3 is 0 Å². The third-order valence-corrected chi connectivity index (χ3v) is 3.15. The van der Waals surface area contributed by atoms with Crippen molar-refractivity contribution in [1.29, 1.82) is 15.8 Å². The van der Waals surface area contributed by atoms with Crippen LogP contribution in [0.3, 0.4) is 0 Å². The molecule has 0 radical (unpaired) electrons. The second-order valence-electron chi connectivity index (χ2n) is 4.49. The minimum absolute atomic E-state index is 0.112. The molecule has 0 saturated heterocycles. The zero-order valence-corrected chi connectivity index (χ0v) is 12.4. The van der Waals surface area contributed by atoms with Crippen LogP contribution in [0.4, 0.5) is 5.69 Å². The first kappa shape index (κ1) is 15.6. The zero-order valence-electron chi connectivity index (χ0n) is 12.4. The molecule has 0 unspecified atom stereocenters. The first-order valence-corrected chi connectivity index (χ1v) is 6.68. The molecule has 1 N–H and O–H groups in total. The van der Waals surface area contributed by atoms with E-state index in [1.807, 2.05) is 42.5 Å². The molecule has 5 nitrogen and oxygen atoms in total. The molecule has 2 rings (SSSR count). The SMILES string of the molecule is COc1ccc(-c2ccccc2)cc1NC(C#N)=C(C#N)C#N. The van der Waals surface area contributed by atoms with E-state index < -0.39 is 0 Å². The molecule has 110 valence electrons. The smallest absolute Gasteiger partial charge is 0.163 e. The van der Waals surface area contributed by atoms with Crippen molar-refractivity contribution in [2.24, 2.45) is 0 Å². The Balaban J connectivity index is 2.50. The van der Waals surface area contributed by atoms with Crippen molar-refractivity contribution in [3.05, 3.63) is 59.8 Å². The van der Waals surface area contributed by atoms with Crippen LogP contribution in [-0.4, -0.2) is 7.11 Å². The van der Waals surface area contributed by atoms with Gasteiger partial charge in [0, 0.05) is 0 Å². The molecule has 2 aromatic carbocycles. The molecule has 0 aromatic heterocycles. The summed E-state index contributed by atoms with van der Waals surface area (Å²) < 4.78 is 5.27. The van der Waals surface area contributed by atoms with E-state index in [1.165, 1.54) is 7.11 Å². The van der Waals surface area contributed by atoms with Crippen molar-refractivity contribution in [1.82, 2.24) is 0 Å². The maximum Gasteiger partial charge on any atom is 0.163 e. The van der Waals surface area contributed by atoms with E-state index in [1.54, 1.807) is 24.3 Å². The van der Waals surface area contributed by atoms with Gasteiger partial charge in [-0.25, -0.2) is 0 Å². The van der Waals surface area contributed by atoms with Gasteiger partial charge in [0.1, 0.15) is 29.7 Å². The number of anilines is 1. The number of ether oxygens (including phenoxy) is 1. The van der Waals surface area contributed by atoms with Crippen molar-refractivity contribution in [2.75, 3.05) is 12.4 Å². The molecule has 2 aromatic rings. The lowest BCUT2D eigenvalue weighted by atomic mass is 10.0. The van der Waals surface area contributed by atoms with Crippen LogP contribution in [0, 0.1) is 34.0 Å². The van der Waals surface area contributed by atoms with Crippen LogP contribution < -0.4 is 10.1 Å². The Labute approximate surface area is 134 Å². The maximum atomic E-state index is 9.16. The quantitative estimate of drug-likeness (QED) is 0.871. The highest BCUT2D eigenvalue weighted by molar-refractivity contribution is 5.74. The lowest BCUT2D eigenvalue weighted by Gasteiger charge is -2.12. The lowest BCUT2D eigenvalue weighted by Crippen LogP contribution is -2.02. The molecule has 0 amide bonds. The number of nitrogens with one attached hydrogen (secondary N) is 1. The van der Waals surface area contributed by atoms with Crippen LogP contribution in [0.25, 0.3) is 11.1 Å². The molecular weight excluding hydrogens is 288 g/mol. The van der Waals surface area contributed by atoms with E-state index in [2.05, 4.69) is 5.32 Å². The third kappa shape index (κ3) is 3.47. The van der Waals surface area contributed by atoms with Gasteiger partial charge in [0.05, 0.1) is 12.8 Å². The molecule has 23 heavy (non-hydrogen) atoms. The van der Waals surface area contributed by atoms with Crippen LogP contribution >= 0.6 is 0 Å². The Kier molecular flexibility index (Phi) is 4.97. The van der Waals surface area contributed by atoms with Gasteiger partial charge in [-0.3, -0.25) is 0 Å². The highest BCUT2D eigenvalue weighted by Gasteiger charge is 2.11. The van der Waals surface area contributed by atoms with E-state index in [9.17, 15) is 0 Å². The van der Waals surface area contributed by atoms with Crippen molar-refractivity contribution in [3.8, 4) is 35.1 Å². The van der Waals surface area contributed by atoms with E-state index in [-0.39, 0.29) is 11.3 Å². The molecule has 0 aliphatic rings. The van der Waals surface area contributed by atoms with E-state index in [4.69, 9.17) is 20.5 Å². The van der Waals surface area contributed by atoms with Gasteiger partial charge in [-0.1, -0.05) is 36.4 Å². The lowest BCUT2D eigenvalue weighted by molar-refractivity contribution is 0.417. The van der Waals surface area contributed by atoms with Crippen molar-refractivity contribution in [2.45, 2.75) is 0 Å². The third-order valence-electron chi connectivity index (χ3n) is 3.15. The Morgan fingerprint density at radius 1 is 0.913 bits per heavy atom. The fourth-order valence-corrected chi connectivity index (χ4v) is 2.03. The average Bonchev–Trinajstić information content (AvgIpc) is 2.62. The molecule has 0 spiro atoms. The normalized spacial score (nSPS) is 8.96. The van der Waals surface area contributed by atoms with Crippen LogP contribution in [0.2, 0.25) is 0 Å². The van der Waals surface area contributed by atoms with Gasteiger partial charge in [-0.15, -0.1) is 0 Å². The number of nitrogens with zero attached hydrogens (tertiary/aromatic N) is 3. The number of hydrogen-bond donors (Lipinski definition) is 1. The second kappa shape index (κ2) is 7.31. The topological polar surface area (TPSA) is 92.6 Å². The number of rotatable bonds is 4. The van der Waals surface area contributed by atoms with Crippen LogP contribution in [0.15, 0.2) is 59.8 Å². The minimum atomic E-state index is -0.278. The number of nitriles is 3. The van der Waals surface area contributed by atoms with Crippen LogP contribution in [0.1, 0.15) is 0 Å². The Morgan fingerprint density at radius 3 is 2.17 bits per heavy atom. The molecule has 0 saturated carbocycles. The summed E-state index contributed by atoms with van der Waals surface area (Å²) in [4.78, 5) is 0. The maximum absolute atomic E-state index is 9.16. The van der Waals surface area contributed by atoms with Gasteiger partial charge in [-0.2, -0.15) is 15.8 Å². The van der Waals surface area contributed by atoms with Crippen molar-refractivity contribution in [3.63, 3.8) is 0 Å². The van der Waals surface area contributed by atoms with Crippen molar-refractivity contribution < 1.29 is 4.74 Å². The number of methoxy groups -OCH3 is 1. The van der Waals surface area contributed by atoms with Crippen LogP contribution in [-0.2, 0) is 0 Å². The fraction of sp³-hybridized carbons (Fsp3) is 0.0556. The minimum Gasteiger partial charge on any atom is -0.495 e. The Bertz CT molecular complexity index is 849. The van der Waals surface area contributed by atoms with Gasteiger partial charge in [0.15, 0.2) is 5.57 Å². The second-order valence-corrected chi connectivity index (χ2v) is 4.49. The largest absolute Gasteiger partial charge is 0.495 e. The summed E-state index contributed by atoms with van der Waals surface area (Å²) in [6, 6.07) is 20.4. The average molecular weight is 300 g/mol. The summed E-state index contributed by atoms with van der Waals surface area (Å²) >= 11 is 0. The predicted molar refractivity (Wildman–Crippen MR) is 85.9 cm³/mol. The molecule has 0 aliphatic heterocycles. The first-order valence-electron chi connectivity index (χ1n) is 6.68. The van der Waals surface area contributed by atoms with E-state index in [0.29, 0.717) is 11.4 Å². The van der Waals surface area contributed by atoms with Crippen LogP contribution in [0.5, 0.6) is 5.75 Å². The van der Waals surface area contributed by atoms with Crippen molar-refractivity contribution >= 4 is 5.69 Å². The van der Waals surface area contributed by atoms with Gasteiger partial charge in [0.25, 0.3) is 0 Å². The molecular formula is C18H12N4O. The highest BCUT2D eigenvalue weighted by Crippen LogP contribution is 2.31. The number of allylic oxidation sites excluding steroid dienone is 2. The summed E-state index contributed by atoms with van der Waals surface area (Å²) in [7, 11) is 1.51. The molecule has 0 heterocycles. The molecule has 0 atom stereocenters. The molecule has 0 aliphatic carbocycles. The number of benzene rings is 2. The fourth-order valence-electron chi connectivity index (χ4n) is 2.03. The summed E-state index contributed by atoms with van der Waals surface area (Å²) in [6.45, 7) is 0. The Morgan fingerprint density at radius 2 is 1.61 bits per heavy atom. The zero-order chi connectivity index (χ0) is 16.7. The van der Waals surface area contributed by atoms with Gasteiger partial charge in [-0.05, 0) is 23.3 Å². The summed E-state index contributed by atoms with van der Waals surface area (Å²) in [5.74, 6) is 0.507. The summed E-state index contributed by atoms with van der Waals surface area (Å²) in [5.41, 5.74) is 2.04. The Hall–Kier alpha value is -3.75. The highest BCUT2D eigenvalue weighted by atomic mass is 16.5. The first-order chi connectivity index (χ1) is 11.2. The van der Waals surface area contributed by atoms with E-state index in [0.717, 1.165) is 11.1 Å². The monoisotopic (exact) mass is 300 g/mol. The van der Waals surface area contributed by atoms with E-state index >= 15 is 0 Å². The predicted octanol–water partition coefficient (Wildman–Crippen LogP) is 3.60. The molecule has 0 fully saturated rings. The van der Waals surface area contributed by atoms with Gasteiger partial charge in [0.2, 0.25) is 0 Å².